The van der Waals surface area contributed by atoms with Crippen molar-refractivity contribution in [3.05, 3.63) is 95.6 Å². The average molecular weight is 300 g/mol. The predicted molar refractivity (Wildman–Crippen MR) is 94.5 cm³/mol. The lowest BCUT2D eigenvalue weighted by molar-refractivity contribution is 0.275. The Morgan fingerprint density at radius 3 is 1.74 bits per heavy atom. The Labute approximate surface area is 137 Å². The van der Waals surface area contributed by atoms with Crippen LogP contribution >= 0.6 is 0 Å². The predicted octanol–water partition coefficient (Wildman–Crippen LogP) is 4.77. The largest absolute Gasteiger partial charge is 0.396 e. The van der Waals surface area contributed by atoms with Gasteiger partial charge in [-0.15, -0.1) is 0 Å². The molecule has 23 heavy (non-hydrogen) atoms. The molecule has 4 rings (SSSR count). The maximum atomic E-state index is 9.48. The second-order valence-corrected chi connectivity index (χ2v) is 6.19. The number of hydrogen-bond donors (Lipinski definition) is 1. The molecule has 0 bridgehead atoms. The van der Waals surface area contributed by atoms with E-state index >= 15 is 0 Å². The van der Waals surface area contributed by atoms with Crippen molar-refractivity contribution in [3.63, 3.8) is 0 Å². The van der Waals surface area contributed by atoms with Crippen LogP contribution in [0.2, 0.25) is 0 Å². The lowest BCUT2D eigenvalue weighted by Crippen LogP contribution is -2.27. The van der Waals surface area contributed by atoms with Gasteiger partial charge in [0.1, 0.15) is 0 Å². The van der Waals surface area contributed by atoms with Crippen LogP contribution in [-0.4, -0.2) is 11.7 Å². The zero-order chi connectivity index (χ0) is 15.7. The van der Waals surface area contributed by atoms with Gasteiger partial charge in [0.25, 0.3) is 0 Å². The number of rotatable bonds is 4. The fraction of sp³-hybridized carbons (Fsp3) is 0.182. The Balaban J connectivity index is 2.05. The summed E-state index contributed by atoms with van der Waals surface area (Å²) < 4.78 is 0. The lowest BCUT2D eigenvalue weighted by Gasteiger charge is -2.33. The second-order valence-electron chi connectivity index (χ2n) is 6.19. The molecule has 114 valence electrons. The van der Waals surface area contributed by atoms with Gasteiger partial charge in [-0.25, -0.2) is 0 Å². The van der Waals surface area contributed by atoms with Crippen LogP contribution < -0.4 is 0 Å². The van der Waals surface area contributed by atoms with E-state index in [0.29, 0.717) is 0 Å². The van der Waals surface area contributed by atoms with E-state index in [1.54, 1.807) is 0 Å². The summed E-state index contributed by atoms with van der Waals surface area (Å²) in [7, 11) is 0. The summed E-state index contributed by atoms with van der Waals surface area (Å²) in [6, 6.07) is 28.1. The van der Waals surface area contributed by atoms with Gasteiger partial charge in [-0.2, -0.15) is 0 Å². The topological polar surface area (TPSA) is 20.2 Å². The number of aliphatic hydroxyl groups is 1. The minimum atomic E-state index is -0.156. The number of benzene rings is 3. The van der Waals surface area contributed by atoms with Crippen molar-refractivity contribution in [1.29, 1.82) is 0 Å². The molecular formula is C22H20O. The van der Waals surface area contributed by atoms with Crippen molar-refractivity contribution in [2.75, 3.05) is 6.61 Å². The molecule has 3 aromatic rings. The molecule has 1 nitrogen and oxygen atoms in total. The molecule has 1 aliphatic rings. The Bertz CT molecular complexity index is 775. The zero-order valence-corrected chi connectivity index (χ0v) is 13.1. The standard InChI is InChI=1S/C22H20O/c23-16-8-15-22(17-9-2-1-3-10-17)20-13-6-4-11-18(20)19-12-5-7-14-21(19)22/h1-7,9-14,23H,8,15-16H2. The molecule has 0 aliphatic heterocycles. The first kappa shape index (κ1) is 14.2. The molecule has 0 saturated heterocycles. The van der Waals surface area contributed by atoms with E-state index in [1.165, 1.54) is 27.8 Å². The maximum absolute atomic E-state index is 9.48. The molecular weight excluding hydrogens is 280 g/mol. The highest BCUT2D eigenvalue weighted by Crippen LogP contribution is 2.54. The van der Waals surface area contributed by atoms with Gasteiger partial charge in [-0.05, 0) is 40.7 Å². The van der Waals surface area contributed by atoms with Crippen molar-refractivity contribution in [3.8, 4) is 11.1 Å². The van der Waals surface area contributed by atoms with Crippen molar-refractivity contribution in [2.24, 2.45) is 0 Å². The Kier molecular flexibility index (Phi) is 3.51. The van der Waals surface area contributed by atoms with Crippen LogP contribution in [0.5, 0.6) is 0 Å². The van der Waals surface area contributed by atoms with Crippen LogP contribution in [0.3, 0.4) is 0 Å². The Morgan fingerprint density at radius 2 is 1.17 bits per heavy atom. The number of aliphatic hydroxyl groups excluding tert-OH is 1. The third-order valence-corrected chi connectivity index (χ3v) is 5.04. The second kappa shape index (κ2) is 5.68. The molecule has 0 saturated carbocycles. The number of hydrogen-bond acceptors (Lipinski definition) is 1. The zero-order valence-electron chi connectivity index (χ0n) is 13.1. The summed E-state index contributed by atoms with van der Waals surface area (Å²) in [5.41, 5.74) is 6.53. The highest BCUT2D eigenvalue weighted by molar-refractivity contribution is 5.83. The van der Waals surface area contributed by atoms with Gasteiger partial charge in [-0.3, -0.25) is 0 Å². The van der Waals surface area contributed by atoms with E-state index in [4.69, 9.17) is 0 Å². The number of fused-ring (bicyclic) bond motifs is 3. The van der Waals surface area contributed by atoms with E-state index < -0.39 is 0 Å². The fourth-order valence-corrected chi connectivity index (χ4v) is 4.12. The summed E-state index contributed by atoms with van der Waals surface area (Å²) in [5.74, 6) is 0. The minimum absolute atomic E-state index is 0.156. The monoisotopic (exact) mass is 300 g/mol. The molecule has 0 heterocycles. The first-order valence-corrected chi connectivity index (χ1v) is 8.24. The molecule has 1 N–H and O–H groups in total. The van der Waals surface area contributed by atoms with Crippen LogP contribution in [0.4, 0.5) is 0 Å². The summed E-state index contributed by atoms with van der Waals surface area (Å²) in [6.45, 7) is 0.221. The molecule has 0 atom stereocenters. The maximum Gasteiger partial charge on any atom is 0.0464 e. The summed E-state index contributed by atoms with van der Waals surface area (Å²) in [6.07, 6.45) is 1.71. The summed E-state index contributed by atoms with van der Waals surface area (Å²) >= 11 is 0. The van der Waals surface area contributed by atoms with Gasteiger partial charge in [0.2, 0.25) is 0 Å². The van der Waals surface area contributed by atoms with E-state index in [1.807, 2.05) is 0 Å². The van der Waals surface area contributed by atoms with E-state index in [9.17, 15) is 5.11 Å². The quantitative estimate of drug-likeness (QED) is 0.735. The highest BCUT2D eigenvalue weighted by Gasteiger charge is 2.43. The first-order chi connectivity index (χ1) is 11.4. The lowest BCUT2D eigenvalue weighted by atomic mass is 9.69. The highest BCUT2D eigenvalue weighted by atomic mass is 16.2. The molecule has 0 fully saturated rings. The third-order valence-electron chi connectivity index (χ3n) is 5.04. The minimum Gasteiger partial charge on any atom is -0.396 e. The van der Waals surface area contributed by atoms with Crippen LogP contribution in [0, 0.1) is 0 Å². The van der Waals surface area contributed by atoms with Gasteiger partial charge >= 0.3 is 0 Å². The molecule has 1 heteroatoms. The third kappa shape index (κ3) is 2.04. The molecule has 1 aliphatic carbocycles. The van der Waals surface area contributed by atoms with Crippen molar-refractivity contribution in [2.45, 2.75) is 18.3 Å². The fourth-order valence-electron chi connectivity index (χ4n) is 4.12. The molecule has 0 radical (unpaired) electrons. The van der Waals surface area contributed by atoms with Crippen molar-refractivity contribution in [1.82, 2.24) is 0 Å². The van der Waals surface area contributed by atoms with E-state index in [0.717, 1.165) is 12.8 Å². The molecule has 0 unspecified atom stereocenters. The first-order valence-electron chi connectivity index (χ1n) is 8.24. The van der Waals surface area contributed by atoms with Crippen molar-refractivity contribution < 1.29 is 5.11 Å². The summed E-state index contributed by atoms with van der Waals surface area (Å²) in [4.78, 5) is 0. The van der Waals surface area contributed by atoms with Crippen LogP contribution in [0.25, 0.3) is 11.1 Å². The molecule has 0 amide bonds. The SMILES string of the molecule is OCCCC1(c2ccccc2)c2ccccc2-c2ccccc21. The molecule has 0 spiro atoms. The molecule has 0 aromatic heterocycles. The van der Waals surface area contributed by atoms with E-state index in [-0.39, 0.29) is 12.0 Å². The van der Waals surface area contributed by atoms with Gasteiger partial charge in [-0.1, -0.05) is 78.9 Å². The Morgan fingerprint density at radius 1 is 0.652 bits per heavy atom. The summed E-state index contributed by atoms with van der Waals surface area (Å²) in [5, 5.41) is 9.48. The average Bonchev–Trinajstić information content (AvgIpc) is 2.92. The molecule has 3 aromatic carbocycles. The Hall–Kier alpha value is -2.38. The van der Waals surface area contributed by atoms with Gasteiger partial charge in [0, 0.05) is 12.0 Å². The van der Waals surface area contributed by atoms with Crippen LogP contribution in [0.15, 0.2) is 78.9 Å². The normalized spacial score (nSPS) is 14.3. The smallest absolute Gasteiger partial charge is 0.0464 e. The van der Waals surface area contributed by atoms with Gasteiger partial charge in [0.05, 0.1) is 0 Å². The van der Waals surface area contributed by atoms with Crippen molar-refractivity contribution >= 4 is 0 Å². The van der Waals surface area contributed by atoms with Gasteiger partial charge in [0.15, 0.2) is 0 Å². The van der Waals surface area contributed by atoms with Crippen LogP contribution in [-0.2, 0) is 5.41 Å². The van der Waals surface area contributed by atoms with E-state index in [2.05, 4.69) is 78.9 Å². The van der Waals surface area contributed by atoms with Crippen LogP contribution in [0.1, 0.15) is 29.5 Å². The van der Waals surface area contributed by atoms with Gasteiger partial charge < -0.3 is 5.11 Å².